The topological polar surface area (TPSA) is 60.4 Å². The Kier molecular flexibility index (Phi) is 7.69. The van der Waals surface area contributed by atoms with Crippen LogP contribution in [0.5, 0.6) is 5.75 Å². The number of hydrogen-bond acceptors (Lipinski definition) is 6. The van der Waals surface area contributed by atoms with Gasteiger partial charge in [-0.05, 0) is 84.6 Å². The molecule has 2 rings (SSSR count). The third-order valence-electron chi connectivity index (χ3n) is 3.49. The van der Waals surface area contributed by atoms with Crippen LogP contribution in [0.4, 0.5) is 13.2 Å². The van der Waals surface area contributed by atoms with Crippen LogP contribution in [0.25, 0.3) is 0 Å². The van der Waals surface area contributed by atoms with Crippen molar-refractivity contribution in [3.8, 4) is 5.75 Å². The highest BCUT2D eigenvalue weighted by Crippen LogP contribution is 2.39. The highest BCUT2D eigenvalue weighted by molar-refractivity contribution is 8.14. The lowest BCUT2D eigenvalue weighted by Gasteiger charge is -2.14. The Balaban J connectivity index is 2.23. The molecule has 30 heavy (non-hydrogen) atoms. The molecule has 0 unspecified atom stereocenters. The third kappa shape index (κ3) is 6.36. The molecule has 0 spiro atoms. The first-order valence-electron chi connectivity index (χ1n) is 8.26. The molecule has 0 saturated carbocycles. The zero-order valence-electron chi connectivity index (χ0n) is 15.6. The van der Waals surface area contributed by atoms with E-state index in [9.17, 15) is 27.6 Å². The minimum atomic E-state index is -4.80. The zero-order valence-corrected chi connectivity index (χ0v) is 17.2. The standard InChI is InChI=1S/C21H15F3O4S2/c1-4-18(25)29-15-9-10-17(16(11-15)21(22,23)24)28-19(26)13-5-7-14(8-6-13)30-20(27)12(2)3/h4-11H,1-2H2,3H3. The van der Waals surface area contributed by atoms with E-state index in [1.165, 1.54) is 30.3 Å². The van der Waals surface area contributed by atoms with E-state index in [0.717, 1.165) is 30.0 Å². The molecule has 0 amide bonds. The van der Waals surface area contributed by atoms with Crippen LogP contribution < -0.4 is 4.74 Å². The molecular formula is C21H15F3O4S2. The highest BCUT2D eigenvalue weighted by Gasteiger charge is 2.35. The molecule has 0 heterocycles. The molecule has 0 atom stereocenters. The minimum absolute atomic E-state index is 0.00975. The molecule has 9 heteroatoms. The lowest BCUT2D eigenvalue weighted by molar-refractivity contribution is -0.138. The summed E-state index contributed by atoms with van der Waals surface area (Å²) in [5, 5.41) is -0.760. The zero-order chi connectivity index (χ0) is 22.5. The minimum Gasteiger partial charge on any atom is -0.422 e. The van der Waals surface area contributed by atoms with Gasteiger partial charge < -0.3 is 4.74 Å². The Hall–Kier alpha value is -2.78. The SMILES string of the molecule is C=CC(=O)Sc1ccc(OC(=O)c2ccc(SC(=O)C(=C)C)cc2)c(C(F)(F)F)c1. The summed E-state index contributed by atoms with van der Waals surface area (Å²) in [6.07, 6.45) is -3.81. The van der Waals surface area contributed by atoms with Crippen molar-refractivity contribution >= 4 is 39.7 Å². The summed E-state index contributed by atoms with van der Waals surface area (Å²) in [6.45, 7) is 8.37. The van der Waals surface area contributed by atoms with Crippen molar-refractivity contribution < 1.29 is 32.3 Å². The van der Waals surface area contributed by atoms with E-state index in [2.05, 4.69) is 13.2 Å². The number of carbonyl (C=O) groups excluding carboxylic acids is 3. The molecule has 0 fully saturated rings. The van der Waals surface area contributed by atoms with Crippen LogP contribution in [0, 0.1) is 0 Å². The highest BCUT2D eigenvalue weighted by atomic mass is 32.2. The number of esters is 1. The summed E-state index contributed by atoms with van der Waals surface area (Å²) in [6, 6.07) is 8.60. The molecule has 0 aromatic heterocycles. The van der Waals surface area contributed by atoms with Crippen LogP contribution in [0.2, 0.25) is 0 Å². The summed E-state index contributed by atoms with van der Waals surface area (Å²) < 4.78 is 45.1. The number of alkyl halides is 3. The van der Waals surface area contributed by atoms with E-state index in [1.807, 2.05) is 0 Å². The Morgan fingerprint density at radius 3 is 2.13 bits per heavy atom. The summed E-state index contributed by atoms with van der Waals surface area (Å²) in [4.78, 5) is 35.9. The van der Waals surface area contributed by atoms with E-state index < -0.39 is 28.6 Å². The number of carbonyl (C=O) groups is 3. The summed E-state index contributed by atoms with van der Waals surface area (Å²) in [7, 11) is 0. The molecule has 0 aliphatic heterocycles. The quantitative estimate of drug-likeness (QED) is 0.235. The van der Waals surface area contributed by atoms with Crippen molar-refractivity contribution in [2.24, 2.45) is 0 Å². The van der Waals surface area contributed by atoms with Gasteiger partial charge in [-0.2, -0.15) is 13.2 Å². The summed E-state index contributed by atoms with van der Waals surface area (Å²) in [5.41, 5.74) is -0.813. The van der Waals surface area contributed by atoms with Crippen molar-refractivity contribution in [1.82, 2.24) is 0 Å². The lowest BCUT2D eigenvalue weighted by atomic mass is 10.2. The fraction of sp³-hybridized carbons (Fsp3) is 0.0952. The summed E-state index contributed by atoms with van der Waals surface area (Å²) >= 11 is 1.49. The predicted octanol–water partition coefficient (Wildman–Crippen LogP) is 5.92. The number of rotatable bonds is 6. The van der Waals surface area contributed by atoms with E-state index >= 15 is 0 Å². The fourth-order valence-electron chi connectivity index (χ4n) is 2.05. The Bertz CT molecular complexity index is 1010. The first-order chi connectivity index (χ1) is 14.0. The molecule has 4 nitrogen and oxygen atoms in total. The maximum absolute atomic E-state index is 13.4. The van der Waals surface area contributed by atoms with Gasteiger partial charge >= 0.3 is 12.1 Å². The van der Waals surface area contributed by atoms with E-state index in [1.54, 1.807) is 6.92 Å². The van der Waals surface area contributed by atoms with Crippen LogP contribution in [0.1, 0.15) is 22.8 Å². The Morgan fingerprint density at radius 2 is 1.60 bits per heavy atom. The molecule has 2 aromatic carbocycles. The van der Waals surface area contributed by atoms with Gasteiger partial charge in [0.25, 0.3) is 0 Å². The molecule has 156 valence electrons. The maximum atomic E-state index is 13.4. The molecule has 0 aliphatic carbocycles. The molecule has 0 saturated heterocycles. The van der Waals surface area contributed by atoms with Gasteiger partial charge in [0.15, 0.2) is 0 Å². The second-order valence-electron chi connectivity index (χ2n) is 5.86. The number of halogens is 3. The molecular weight excluding hydrogens is 437 g/mol. The van der Waals surface area contributed by atoms with Crippen LogP contribution >= 0.6 is 23.5 Å². The monoisotopic (exact) mass is 452 g/mol. The molecule has 0 bridgehead atoms. The van der Waals surface area contributed by atoms with Crippen LogP contribution in [-0.2, 0) is 15.8 Å². The van der Waals surface area contributed by atoms with Crippen molar-refractivity contribution in [3.05, 3.63) is 78.4 Å². The molecule has 0 aliphatic rings. The first-order valence-corrected chi connectivity index (χ1v) is 9.90. The molecule has 0 radical (unpaired) electrons. The Morgan fingerprint density at radius 1 is 1.00 bits per heavy atom. The largest absolute Gasteiger partial charge is 0.422 e. The number of thioether (sulfide) groups is 2. The second-order valence-corrected chi connectivity index (χ2v) is 7.99. The number of benzene rings is 2. The first kappa shape index (κ1) is 23.5. The average Bonchev–Trinajstić information content (AvgIpc) is 2.68. The maximum Gasteiger partial charge on any atom is 0.420 e. The van der Waals surface area contributed by atoms with E-state index in [-0.39, 0.29) is 15.6 Å². The van der Waals surface area contributed by atoms with Gasteiger partial charge in [0.1, 0.15) is 5.75 Å². The van der Waals surface area contributed by atoms with E-state index in [4.69, 9.17) is 4.74 Å². The van der Waals surface area contributed by atoms with E-state index in [0.29, 0.717) is 22.2 Å². The van der Waals surface area contributed by atoms with Gasteiger partial charge in [0.2, 0.25) is 10.2 Å². The van der Waals surface area contributed by atoms with Crippen molar-refractivity contribution in [1.29, 1.82) is 0 Å². The van der Waals surface area contributed by atoms with Gasteiger partial charge in [-0.15, -0.1) is 0 Å². The van der Waals surface area contributed by atoms with Crippen molar-refractivity contribution in [2.75, 3.05) is 0 Å². The number of hydrogen-bond donors (Lipinski definition) is 0. The third-order valence-corrected chi connectivity index (χ3v) is 5.39. The fourth-order valence-corrected chi connectivity index (χ4v) is 3.34. The normalized spacial score (nSPS) is 10.9. The summed E-state index contributed by atoms with van der Waals surface area (Å²) in [5.74, 6) is -1.68. The average molecular weight is 452 g/mol. The van der Waals surface area contributed by atoms with Gasteiger partial charge in [-0.3, -0.25) is 9.59 Å². The predicted molar refractivity (Wildman–Crippen MR) is 110 cm³/mol. The van der Waals surface area contributed by atoms with Gasteiger partial charge in [-0.25, -0.2) is 4.79 Å². The number of ether oxygens (including phenoxy) is 1. The smallest absolute Gasteiger partial charge is 0.420 e. The van der Waals surface area contributed by atoms with Crippen LogP contribution in [0.15, 0.2) is 77.1 Å². The van der Waals surface area contributed by atoms with Gasteiger partial charge in [0, 0.05) is 9.79 Å². The second kappa shape index (κ2) is 9.82. The molecule has 0 N–H and O–H groups in total. The molecule has 2 aromatic rings. The Labute approximate surface area is 179 Å². The van der Waals surface area contributed by atoms with Crippen molar-refractivity contribution in [2.45, 2.75) is 22.9 Å². The van der Waals surface area contributed by atoms with Crippen LogP contribution in [0.3, 0.4) is 0 Å². The van der Waals surface area contributed by atoms with Crippen molar-refractivity contribution in [3.63, 3.8) is 0 Å². The van der Waals surface area contributed by atoms with Crippen LogP contribution in [-0.4, -0.2) is 16.2 Å². The van der Waals surface area contributed by atoms with Gasteiger partial charge in [-0.1, -0.05) is 13.2 Å². The van der Waals surface area contributed by atoms with Gasteiger partial charge in [0.05, 0.1) is 11.1 Å². The lowest BCUT2D eigenvalue weighted by Crippen LogP contribution is -2.14.